The average Bonchev–Trinajstić information content (AvgIpc) is 2.33. The first-order valence-electron chi connectivity index (χ1n) is 7.02. The number of hydrogen-bond donors (Lipinski definition) is 3. The van der Waals surface area contributed by atoms with Crippen molar-refractivity contribution in [1.82, 2.24) is 10.6 Å². The summed E-state index contributed by atoms with van der Waals surface area (Å²) in [7, 11) is 0. The number of carboxylic acid groups (broad SMARTS) is 1. The quantitative estimate of drug-likeness (QED) is 0.616. The largest absolute Gasteiger partial charge is 0.481 e. The summed E-state index contributed by atoms with van der Waals surface area (Å²) in [5.74, 6) is -2.63. The van der Waals surface area contributed by atoms with E-state index in [1.807, 2.05) is 0 Å². The summed E-state index contributed by atoms with van der Waals surface area (Å²) >= 11 is 0. The van der Waals surface area contributed by atoms with Gasteiger partial charge in [-0.3, -0.25) is 9.59 Å². The average molecular weight is 302 g/mol. The van der Waals surface area contributed by atoms with Gasteiger partial charge in [-0.25, -0.2) is 4.79 Å². The zero-order chi connectivity index (χ0) is 16.6. The SMILES string of the molecule is CC(C(=O)O)C(C)C(=O)NCCCNC(=O)OC(C)(C)C. The van der Waals surface area contributed by atoms with Crippen LogP contribution in [0.3, 0.4) is 0 Å². The van der Waals surface area contributed by atoms with Crippen molar-refractivity contribution in [3.63, 3.8) is 0 Å². The first-order valence-corrected chi connectivity index (χ1v) is 7.02. The van der Waals surface area contributed by atoms with Crippen molar-refractivity contribution in [2.45, 2.75) is 46.6 Å². The molecule has 0 radical (unpaired) electrons. The van der Waals surface area contributed by atoms with Crippen LogP contribution in [0.4, 0.5) is 4.79 Å². The molecule has 3 N–H and O–H groups in total. The number of carboxylic acids is 1. The van der Waals surface area contributed by atoms with Crippen molar-refractivity contribution in [2.24, 2.45) is 11.8 Å². The Balaban J connectivity index is 3.84. The molecule has 0 rings (SSSR count). The van der Waals surface area contributed by atoms with Crippen molar-refractivity contribution < 1.29 is 24.2 Å². The number of alkyl carbamates (subject to hydrolysis) is 1. The van der Waals surface area contributed by atoms with Gasteiger partial charge < -0.3 is 20.5 Å². The Morgan fingerprint density at radius 3 is 2.05 bits per heavy atom. The summed E-state index contributed by atoms with van der Waals surface area (Å²) in [4.78, 5) is 33.8. The minimum atomic E-state index is -0.996. The molecule has 122 valence electrons. The van der Waals surface area contributed by atoms with E-state index in [2.05, 4.69) is 10.6 Å². The van der Waals surface area contributed by atoms with E-state index >= 15 is 0 Å². The summed E-state index contributed by atoms with van der Waals surface area (Å²) in [5.41, 5.74) is -0.541. The van der Waals surface area contributed by atoms with Crippen LogP contribution in [-0.2, 0) is 14.3 Å². The zero-order valence-corrected chi connectivity index (χ0v) is 13.4. The van der Waals surface area contributed by atoms with E-state index in [-0.39, 0.29) is 5.91 Å². The maximum atomic E-state index is 11.7. The van der Waals surface area contributed by atoms with Gasteiger partial charge in [0.25, 0.3) is 0 Å². The van der Waals surface area contributed by atoms with Gasteiger partial charge in [0.1, 0.15) is 5.60 Å². The molecule has 0 bridgehead atoms. The Morgan fingerprint density at radius 1 is 1.05 bits per heavy atom. The fourth-order valence-electron chi connectivity index (χ4n) is 1.41. The van der Waals surface area contributed by atoms with Gasteiger partial charge in [-0.1, -0.05) is 13.8 Å². The molecule has 0 heterocycles. The van der Waals surface area contributed by atoms with Crippen molar-refractivity contribution in [1.29, 1.82) is 0 Å². The lowest BCUT2D eigenvalue weighted by molar-refractivity contribution is -0.146. The molecule has 0 fully saturated rings. The van der Waals surface area contributed by atoms with Gasteiger partial charge >= 0.3 is 12.1 Å². The van der Waals surface area contributed by atoms with E-state index < -0.39 is 29.5 Å². The highest BCUT2D eigenvalue weighted by Crippen LogP contribution is 2.10. The lowest BCUT2D eigenvalue weighted by atomic mass is 9.95. The van der Waals surface area contributed by atoms with Gasteiger partial charge in [0.15, 0.2) is 0 Å². The molecule has 21 heavy (non-hydrogen) atoms. The van der Waals surface area contributed by atoms with Crippen molar-refractivity contribution in [3.8, 4) is 0 Å². The number of nitrogens with one attached hydrogen (secondary N) is 2. The number of carbonyl (C=O) groups is 3. The lowest BCUT2D eigenvalue weighted by Gasteiger charge is -2.19. The first kappa shape index (κ1) is 19.2. The number of carbonyl (C=O) groups excluding carboxylic acids is 2. The second-order valence-electron chi connectivity index (χ2n) is 5.99. The minimum absolute atomic E-state index is 0.304. The Morgan fingerprint density at radius 2 is 1.57 bits per heavy atom. The first-order chi connectivity index (χ1) is 9.54. The molecule has 0 aliphatic heterocycles. The Hall–Kier alpha value is -1.79. The molecule has 0 aromatic carbocycles. The van der Waals surface area contributed by atoms with Crippen LogP contribution in [0, 0.1) is 11.8 Å². The molecular formula is C14H26N2O5. The summed E-state index contributed by atoms with van der Waals surface area (Å²) in [6.07, 6.45) is 0.0424. The second kappa shape index (κ2) is 8.49. The third kappa shape index (κ3) is 8.88. The highest BCUT2D eigenvalue weighted by Gasteiger charge is 2.25. The van der Waals surface area contributed by atoms with Gasteiger partial charge in [-0.15, -0.1) is 0 Å². The van der Waals surface area contributed by atoms with Crippen LogP contribution in [0.25, 0.3) is 0 Å². The minimum Gasteiger partial charge on any atom is -0.481 e. The van der Waals surface area contributed by atoms with Gasteiger partial charge in [-0.2, -0.15) is 0 Å². The zero-order valence-electron chi connectivity index (χ0n) is 13.4. The number of hydrogen-bond acceptors (Lipinski definition) is 4. The summed E-state index contributed by atoms with van der Waals surface area (Å²) < 4.78 is 5.06. The molecule has 7 nitrogen and oxygen atoms in total. The third-order valence-electron chi connectivity index (χ3n) is 2.87. The Labute approximate surface area is 125 Å². The molecule has 2 unspecified atom stereocenters. The predicted molar refractivity (Wildman–Crippen MR) is 77.8 cm³/mol. The number of amides is 2. The second-order valence-corrected chi connectivity index (χ2v) is 5.99. The lowest BCUT2D eigenvalue weighted by Crippen LogP contribution is -2.37. The van der Waals surface area contributed by atoms with Crippen LogP contribution in [0.1, 0.15) is 41.0 Å². The van der Waals surface area contributed by atoms with E-state index in [0.717, 1.165) is 0 Å². The molecule has 0 aliphatic carbocycles. The molecule has 0 saturated heterocycles. The monoisotopic (exact) mass is 302 g/mol. The molecule has 0 spiro atoms. The maximum absolute atomic E-state index is 11.7. The summed E-state index contributed by atoms with van der Waals surface area (Å²) in [6, 6.07) is 0. The maximum Gasteiger partial charge on any atom is 0.407 e. The van der Waals surface area contributed by atoms with E-state index in [0.29, 0.717) is 19.5 Å². The van der Waals surface area contributed by atoms with E-state index in [9.17, 15) is 14.4 Å². The molecule has 0 aromatic rings. The van der Waals surface area contributed by atoms with Crippen molar-refractivity contribution in [3.05, 3.63) is 0 Å². The number of rotatable bonds is 7. The summed E-state index contributed by atoms with van der Waals surface area (Å²) in [5, 5.41) is 14.0. The van der Waals surface area contributed by atoms with E-state index in [1.54, 1.807) is 27.7 Å². The molecule has 2 atom stereocenters. The third-order valence-corrected chi connectivity index (χ3v) is 2.87. The smallest absolute Gasteiger partial charge is 0.407 e. The van der Waals surface area contributed by atoms with E-state index in [4.69, 9.17) is 9.84 Å². The van der Waals surface area contributed by atoms with Crippen LogP contribution in [-0.4, -0.2) is 41.8 Å². The van der Waals surface area contributed by atoms with Crippen LogP contribution in [0.5, 0.6) is 0 Å². The van der Waals surface area contributed by atoms with Crippen molar-refractivity contribution in [2.75, 3.05) is 13.1 Å². The molecular weight excluding hydrogens is 276 g/mol. The molecule has 2 amide bonds. The van der Waals surface area contributed by atoms with Crippen LogP contribution in [0.2, 0.25) is 0 Å². The molecule has 0 aliphatic rings. The van der Waals surface area contributed by atoms with Crippen LogP contribution >= 0.6 is 0 Å². The van der Waals surface area contributed by atoms with Crippen molar-refractivity contribution >= 4 is 18.0 Å². The van der Waals surface area contributed by atoms with Gasteiger partial charge in [-0.05, 0) is 27.2 Å². The number of ether oxygens (including phenoxy) is 1. The topological polar surface area (TPSA) is 105 Å². The predicted octanol–water partition coefficient (Wildman–Crippen LogP) is 1.37. The Bertz CT molecular complexity index is 376. The highest BCUT2D eigenvalue weighted by atomic mass is 16.6. The fourth-order valence-corrected chi connectivity index (χ4v) is 1.41. The molecule has 0 aromatic heterocycles. The summed E-state index contributed by atoms with van der Waals surface area (Å²) in [6.45, 7) is 9.14. The fraction of sp³-hybridized carbons (Fsp3) is 0.786. The van der Waals surface area contributed by atoms with Gasteiger partial charge in [0.2, 0.25) is 5.91 Å². The molecule has 0 saturated carbocycles. The normalized spacial score (nSPS) is 14.0. The number of aliphatic carboxylic acids is 1. The Kier molecular flexibility index (Phi) is 7.76. The molecule has 7 heteroatoms. The van der Waals surface area contributed by atoms with Gasteiger partial charge in [0, 0.05) is 19.0 Å². The van der Waals surface area contributed by atoms with Crippen LogP contribution in [0.15, 0.2) is 0 Å². The van der Waals surface area contributed by atoms with E-state index in [1.165, 1.54) is 6.92 Å². The standard InChI is InChI=1S/C14H26N2O5/c1-9(10(2)12(18)19)11(17)15-7-6-8-16-13(20)21-14(3,4)5/h9-10H,6-8H2,1-5H3,(H,15,17)(H,16,20)(H,18,19). The van der Waals surface area contributed by atoms with Crippen LogP contribution < -0.4 is 10.6 Å². The highest BCUT2D eigenvalue weighted by molar-refractivity contribution is 5.84. The van der Waals surface area contributed by atoms with Gasteiger partial charge in [0.05, 0.1) is 5.92 Å².